The molecule has 4 unspecified atom stereocenters. The van der Waals surface area contributed by atoms with Gasteiger partial charge in [0.2, 0.25) is 17.7 Å². The van der Waals surface area contributed by atoms with Crippen molar-refractivity contribution >= 4 is 35.6 Å². The molecule has 0 saturated heterocycles. The van der Waals surface area contributed by atoms with Gasteiger partial charge in [-0.2, -0.15) is 0 Å². The first-order chi connectivity index (χ1) is 14.3. The van der Waals surface area contributed by atoms with Crippen LogP contribution < -0.4 is 33.2 Å². The molecule has 11 N–H and O–H groups in total. The summed E-state index contributed by atoms with van der Waals surface area (Å²) in [5.41, 5.74) is 16.1. The third-order valence-corrected chi connectivity index (χ3v) is 4.07. The van der Waals surface area contributed by atoms with Gasteiger partial charge in [-0.1, -0.05) is 0 Å². The number of nitrogens with zero attached hydrogens (tertiary/aromatic N) is 1. The van der Waals surface area contributed by atoms with Crippen LogP contribution in [0.5, 0.6) is 0 Å². The second-order valence-electron chi connectivity index (χ2n) is 6.85. The molecule has 0 heterocycles. The number of amides is 3. The highest BCUT2D eigenvalue weighted by Crippen LogP contribution is 2.00. The first-order valence-corrected chi connectivity index (χ1v) is 9.51. The fourth-order valence-corrected chi connectivity index (χ4v) is 2.26. The number of hydrogen-bond acceptors (Lipinski definition) is 7. The quantitative estimate of drug-likeness (QED) is 0.0755. The minimum Gasteiger partial charge on any atom is -0.481 e. The average molecular weight is 445 g/mol. The molecule has 176 valence electrons. The molecule has 0 radical (unpaired) electrons. The van der Waals surface area contributed by atoms with Gasteiger partial charge < -0.3 is 43.4 Å². The smallest absolute Gasteiger partial charge is 0.326 e. The van der Waals surface area contributed by atoms with Crippen LogP contribution in [0.2, 0.25) is 0 Å². The van der Waals surface area contributed by atoms with Crippen LogP contribution in [0.4, 0.5) is 0 Å². The van der Waals surface area contributed by atoms with Gasteiger partial charge >= 0.3 is 11.9 Å². The normalized spacial score (nSPS) is 14.3. The zero-order valence-electron chi connectivity index (χ0n) is 17.5. The summed E-state index contributed by atoms with van der Waals surface area (Å²) in [6.45, 7) is 3.00. The van der Waals surface area contributed by atoms with E-state index in [0.717, 1.165) is 0 Å². The van der Waals surface area contributed by atoms with Crippen LogP contribution in [0.3, 0.4) is 0 Å². The number of carbonyl (C=O) groups excluding carboxylic acids is 3. The third kappa shape index (κ3) is 12.0. The maximum absolute atomic E-state index is 12.2. The van der Waals surface area contributed by atoms with Crippen molar-refractivity contribution < 1.29 is 34.2 Å². The molecule has 14 nitrogen and oxygen atoms in total. The summed E-state index contributed by atoms with van der Waals surface area (Å²) in [5.74, 6) is -4.77. The number of aliphatic imine (C=N–C) groups is 1. The molecule has 4 atom stereocenters. The molecule has 0 fully saturated rings. The Bertz CT molecular complexity index is 694. The summed E-state index contributed by atoms with van der Waals surface area (Å²) in [5, 5.41) is 24.6. The van der Waals surface area contributed by atoms with Crippen molar-refractivity contribution in [3.8, 4) is 0 Å². The molecule has 0 aliphatic rings. The molecule has 0 aromatic rings. The number of aliphatic carboxylic acids is 2. The van der Waals surface area contributed by atoms with Gasteiger partial charge in [-0.15, -0.1) is 0 Å². The fraction of sp³-hybridized carbons (Fsp3) is 0.647. The van der Waals surface area contributed by atoms with E-state index in [2.05, 4.69) is 20.9 Å². The summed E-state index contributed by atoms with van der Waals surface area (Å²) in [6.07, 6.45) is -0.0303. The van der Waals surface area contributed by atoms with Crippen LogP contribution in [-0.4, -0.2) is 76.5 Å². The zero-order chi connectivity index (χ0) is 24.1. The first kappa shape index (κ1) is 27.6. The van der Waals surface area contributed by atoms with Crippen LogP contribution in [0.15, 0.2) is 4.99 Å². The van der Waals surface area contributed by atoms with Gasteiger partial charge in [0, 0.05) is 13.0 Å². The molecular formula is C17H31N7O7. The molecule has 0 spiro atoms. The molecule has 0 aliphatic carbocycles. The van der Waals surface area contributed by atoms with Crippen LogP contribution in [0.1, 0.15) is 39.5 Å². The van der Waals surface area contributed by atoms with E-state index in [1.54, 1.807) is 0 Å². The van der Waals surface area contributed by atoms with Crippen LogP contribution in [-0.2, 0) is 24.0 Å². The van der Waals surface area contributed by atoms with E-state index in [4.69, 9.17) is 27.4 Å². The largest absolute Gasteiger partial charge is 0.481 e. The highest BCUT2D eigenvalue weighted by atomic mass is 16.4. The summed E-state index contributed by atoms with van der Waals surface area (Å²) < 4.78 is 0. The maximum Gasteiger partial charge on any atom is 0.326 e. The molecule has 31 heavy (non-hydrogen) atoms. The Labute approximate surface area is 179 Å². The van der Waals surface area contributed by atoms with Crippen LogP contribution in [0, 0.1) is 0 Å². The molecule has 0 bridgehead atoms. The second kappa shape index (κ2) is 13.7. The summed E-state index contributed by atoms with van der Waals surface area (Å²) >= 11 is 0. The molecule has 0 aromatic carbocycles. The molecule has 0 aromatic heterocycles. The molecule has 3 amide bonds. The first-order valence-electron chi connectivity index (χ1n) is 9.51. The Kier molecular flexibility index (Phi) is 12.2. The van der Waals surface area contributed by atoms with Crippen molar-refractivity contribution in [1.29, 1.82) is 0 Å². The number of carboxylic acid groups (broad SMARTS) is 2. The Balaban J connectivity index is 4.57. The van der Waals surface area contributed by atoms with Gasteiger partial charge in [0.15, 0.2) is 5.96 Å². The predicted octanol–water partition coefficient (Wildman–Crippen LogP) is -3.19. The predicted molar refractivity (Wildman–Crippen MR) is 110 cm³/mol. The minimum atomic E-state index is -1.42. The second-order valence-corrected chi connectivity index (χ2v) is 6.85. The van der Waals surface area contributed by atoms with E-state index in [0.29, 0.717) is 13.0 Å². The lowest BCUT2D eigenvalue weighted by Crippen LogP contribution is -2.55. The van der Waals surface area contributed by atoms with Crippen molar-refractivity contribution in [2.75, 3.05) is 6.54 Å². The van der Waals surface area contributed by atoms with Crippen molar-refractivity contribution in [3.63, 3.8) is 0 Å². The Morgan fingerprint density at radius 3 is 1.87 bits per heavy atom. The fourth-order valence-electron chi connectivity index (χ4n) is 2.26. The highest BCUT2D eigenvalue weighted by molar-refractivity contribution is 5.93. The molecule has 0 saturated carbocycles. The van der Waals surface area contributed by atoms with Gasteiger partial charge in [-0.25, -0.2) is 4.79 Å². The molecule has 0 aliphatic heterocycles. The van der Waals surface area contributed by atoms with E-state index in [1.807, 2.05) is 0 Å². The van der Waals surface area contributed by atoms with Crippen molar-refractivity contribution in [1.82, 2.24) is 16.0 Å². The van der Waals surface area contributed by atoms with E-state index in [1.165, 1.54) is 13.8 Å². The minimum absolute atomic E-state index is 0.0713. The van der Waals surface area contributed by atoms with E-state index in [-0.39, 0.29) is 18.8 Å². The molecule has 0 rings (SSSR count). The maximum atomic E-state index is 12.2. The monoisotopic (exact) mass is 445 g/mol. The Hall–Kier alpha value is -3.42. The third-order valence-electron chi connectivity index (χ3n) is 4.07. The lowest BCUT2D eigenvalue weighted by atomic mass is 10.1. The van der Waals surface area contributed by atoms with Gasteiger partial charge in [0.25, 0.3) is 0 Å². The molecular weight excluding hydrogens is 414 g/mol. The summed E-state index contributed by atoms with van der Waals surface area (Å²) in [6, 6.07) is -4.46. The lowest BCUT2D eigenvalue weighted by Gasteiger charge is -2.21. The number of carbonyl (C=O) groups is 5. The number of guanidine groups is 1. The van der Waals surface area contributed by atoms with Crippen LogP contribution >= 0.6 is 0 Å². The Morgan fingerprint density at radius 2 is 1.39 bits per heavy atom. The SMILES string of the molecule is CC(NC(=O)C(N)CCCN=C(N)N)C(=O)NC(C)C(=O)NC(CCC(=O)O)C(=O)O. The highest BCUT2D eigenvalue weighted by Gasteiger charge is 2.26. The van der Waals surface area contributed by atoms with Gasteiger partial charge in [0.1, 0.15) is 18.1 Å². The number of nitrogens with two attached hydrogens (primary N) is 3. The number of rotatable bonds is 14. The number of hydrogen-bond donors (Lipinski definition) is 8. The summed E-state index contributed by atoms with van der Waals surface area (Å²) in [4.78, 5) is 61.9. The van der Waals surface area contributed by atoms with E-state index in [9.17, 15) is 24.0 Å². The molecule has 14 heteroatoms. The average Bonchev–Trinajstić information content (AvgIpc) is 2.66. The standard InChI is InChI=1S/C17H31N7O7/c1-8(23-15(29)10(18)4-3-7-21-17(19)20)13(27)22-9(2)14(28)24-11(16(30)31)5-6-12(25)26/h8-11H,3-7,18H2,1-2H3,(H,22,27)(H,23,29)(H,24,28)(H,25,26)(H,30,31)(H4,19,20,21). The number of carboxylic acids is 2. The summed E-state index contributed by atoms with van der Waals surface area (Å²) in [7, 11) is 0. The van der Waals surface area contributed by atoms with Crippen molar-refractivity contribution in [2.45, 2.75) is 63.7 Å². The van der Waals surface area contributed by atoms with E-state index < -0.39 is 60.2 Å². The van der Waals surface area contributed by atoms with Crippen molar-refractivity contribution in [2.24, 2.45) is 22.2 Å². The lowest BCUT2D eigenvalue weighted by molar-refractivity contribution is -0.143. The zero-order valence-corrected chi connectivity index (χ0v) is 17.5. The topological polar surface area (TPSA) is 252 Å². The van der Waals surface area contributed by atoms with Gasteiger partial charge in [-0.05, 0) is 33.1 Å². The van der Waals surface area contributed by atoms with Gasteiger partial charge in [0.05, 0.1) is 6.04 Å². The van der Waals surface area contributed by atoms with Crippen molar-refractivity contribution in [3.05, 3.63) is 0 Å². The Morgan fingerprint density at radius 1 is 0.871 bits per heavy atom. The van der Waals surface area contributed by atoms with Crippen LogP contribution in [0.25, 0.3) is 0 Å². The van der Waals surface area contributed by atoms with E-state index >= 15 is 0 Å². The van der Waals surface area contributed by atoms with Gasteiger partial charge in [-0.3, -0.25) is 24.2 Å². The number of nitrogens with one attached hydrogen (secondary N) is 3.